The van der Waals surface area contributed by atoms with E-state index in [1.807, 2.05) is 31.2 Å². The van der Waals surface area contributed by atoms with E-state index in [2.05, 4.69) is 24.1 Å². The van der Waals surface area contributed by atoms with E-state index in [0.29, 0.717) is 30.8 Å². The number of nitrogens with one attached hydrogen (secondary N) is 1. The number of amides is 1. The van der Waals surface area contributed by atoms with Crippen LogP contribution in [0.15, 0.2) is 42.5 Å². The molecule has 1 heterocycles. The van der Waals surface area contributed by atoms with E-state index in [-0.39, 0.29) is 11.9 Å². The van der Waals surface area contributed by atoms with Crippen molar-refractivity contribution in [3.8, 4) is 5.75 Å². The van der Waals surface area contributed by atoms with Gasteiger partial charge in [0, 0.05) is 30.3 Å². The number of nitrogens with zero attached hydrogens (tertiary/aromatic N) is 2. The van der Waals surface area contributed by atoms with Crippen LogP contribution in [-0.4, -0.2) is 57.8 Å². The average molecular weight is 460 g/mol. The van der Waals surface area contributed by atoms with Crippen molar-refractivity contribution in [3.63, 3.8) is 0 Å². The third-order valence-electron chi connectivity index (χ3n) is 5.82. The minimum atomic E-state index is -3.35. The molecular weight excluding hydrogens is 426 g/mol. The van der Waals surface area contributed by atoms with Gasteiger partial charge >= 0.3 is 0 Å². The topological polar surface area (TPSA) is 79.0 Å². The minimum absolute atomic E-state index is 0.154. The van der Waals surface area contributed by atoms with E-state index in [0.717, 1.165) is 36.5 Å². The summed E-state index contributed by atoms with van der Waals surface area (Å²) in [6, 6.07) is 12.7. The van der Waals surface area contributed by atoms with Crippen LogP contribution in [0.5, 0.6) is 5.75 Å². The lowest BCUT2D eigenvalue weighted by Gasteiger charge is -2.22. The first kappa shape index (κ1) is 24.1. The Bertz CT molecular complexity index is 1050. The van der Waals surface area contributed by atoms with Crippen LogP contribution in [0, 0.1) is 0 Å². The van der Waals surface area contributed by atoms with Gasteiger partial charge in [-0.15, -0.1) is 0 Å². The van der Waals surface area contributed by atoms with Gasteiger partial charge in [0.15, 0.2) is 0 Å². The van der Waals surface area contributed by atoms with Gasteiger partial charge in [0.25, 0.3) is 5.91 Å². The van der Waals surface area contributed by atoms with Crippen molar-refractivity contribution in [3.05, 3.63) is 59.2 Å². The highest BCUT2D eigenvalue weighted by Crippen LogP contribution is 2.34. The van der Waals surface area contributed by atoms with Crippen LogP contribution in [0.25, 0.3) is 0 Å². The van der Waals surface area contributed by atoms with Gasteiger partial charge in [-0.05, 0) is 56.3 Å². The Balaban J connectivity index is 1.64. The quantitative estimate of drug-likeness (QED) is 0.591. The van der Waals surface area contributed by atoms with Gasteiger partial charge < -0.3 is 15.0 Å². The number of likely N-dealkylation sites (N-methyl/N-ethyl adjacent to an activating group) is 1. The predicted molar refractivity (Wildman–Crippen MR) is 128 cm³/mol. The minimum Gasteiger partial charge on any atom is -0.492 e. The van der Waals surface area contributed by atoms with E-state index in [1.165, 1.54) is 10.6 Å². The molecule has 7 nitrogen and oxygen atoms in total. The summed E-state index contributed by atoms with van der Waals surface area (Å²) in [5.41, 5.74) is 2.96. The van der Waals surface area contributed by atoms with Gasteiger partial charge in [0.2, 0.25) is 10.0 Å². The zero-order chi connectivity index (χ0) is 23.3. The van der Waals surface area contributed by atoms with Gasteiger partial charge in [-0.25, -0.2) is 8.42 Å². The molecule has 1 aliphatic rings. The van der Waals surface area contributed by atoms with Gasteiger partial charge in [0.1, 0.15) is 12.4 Å². The summed E-state index contributed by atoms with van der Waals surface area (Å²) in [6.07, 6.45) is 1.80. The summed E-state index contributed by atoms with van der Waals surface area (Å²) in [4.78, 5) is 15.1. The Morgan fingerprint density at radius 1 is 1.19 bits per heavy atom. The molecule has 0 bridgehead atoms. The van der Waals surface area contributed by atoms with Gasteiger partial charge in [-0.3, -0.25) is 9.10 Å². The molecule has 1 aliphatic heterocycles. The molecule has 2 aromatic rings. The highest BCUT2D eigenvalue weighted by Gasteiger charge is 2.32. The van der Waals surface area contributed by atoms with Gasteiger partial charge in [-0.2, -0.15) is 0 Å². The van der Waals surface area contributed by atoms with Crippen molar-refractivity contribution in [1.82, 2.24) is 10.2 Å². The monoisotopic (exact) mass is 459 g/mol. The van der Waals surface area contributed by atoms with Crippen LogP contribution in [-0.2, 0) is 23.0 Å². The van der Waals surface area contributed by atoms with E-state index < -0.39 is 10.0 Å². The first-order chi connectivity index (χ1) is 15.2. The van der Waals surface area contributed by atoms with E-state index in [4.69, 9.17) is 4.74 Å². The number of benzene rings is 2. The Morgan fingerprint density at radius 3 is 2.59 bits per heavy atom. The summed E-state index contributed by atoms with van der Waals surface area (Å²) >= 11 is 0. The maximum absolute atomic E-state index is 12.8. The van der Waals surface area contributed by atoms with Crippen molar-refractivity contribution >= 4 is 21.6 Å². The number of hydrogen-bond donors (Lipinski definition) is 1. The molecule has 1 unspecified atom stereocenters. The molecule has 0 saturated heterocycles. The first-order valence-corrected chi connectivity index (χ1v) is 12.9. The van der Waals surface area contributed by atoms with Crippen LogP contribution in [0.4, 0.5) is 5.69 Å². The molecule has 8 heteroatoms. The standard InChI is InChI=1S/C24H33N3O4S/c1-5-26(6-2)13-14-31-23-10-8-7-9-20(23)17-25-24(28)19-11-12-22-21(16-19)15-18(3)27(22)32(4,29)30/h7-12,16,18H,5-6,13-15,17H2,1-4H3,(H,25,28). The average Bonchev–Trinajstić information content (AvgIpc) is 3.11. The number of rotatable bonds is 10. The Hall–Kier alpha value is -2.58. The number of sulfonamides is 1. The lowest BCUT2D eigenvalue weighted by atomic mass is 10.1. The summed E-state index contributed by atoms with van der Waals surface area (Å²) < 4.78 is 31.6. The maximum Gasteiger partial charge on any atom is 0.251 e. The largest absolute Gasteiger partial charge is 0.492 e. The summed E-state index contributed by atoms with van der Waals surface area (Å²) in [6.45, 7) is 9.90. The summed E-state index contributed by atoms with van der Waals surface area (Å²) in [5, 5.41) is 2.96. The number of anilines is 1. The molecule has 1 amide bonds. The number of carbonyl (C=O) groups excluding carboxylic acids is 1. The molecule has 0 spiro atoms. The highest BCUT2D eigenvalue weighted by atomic mass is 32.2. The predicted octanol–water partition coefficient (Wildman–Crippen LogP) is 3.05. The van der Waals surface area contributed by atoms with Crippen molar-refractivity contribution in [1.29, 1.82) is 0 Å². The van der Waals surface area contributed by atoms with Crippen molar-refractivity contribution in [2.24, 2.45) is 0 Å². The van der Waals surface area contributed by atoms with E-state index in [9.17, 15) is 13.2 Å². The fraction of sp³-hybridized carbons (Fsp3) is 0.458. The fourth-order valence-corrected chi connectivity index (χ4v) is 5.41. The molecule has 1 atom stereocenters. The van der Waals surface area contributed by atoms with E-state index >= 15 is 0 Å². The molecular formula is C24H33N3O4S. The third kappa shape index (κ3) is 5.61. The molecule has 32 heavy (non-hydrogen) atoms. The van der Waals surface area contributed by atoms with E-state index in [1.54, 1.807) is 18.2 Å². The van der Waals surface area contributed by atoms with Crippen molar-refractivity contribution in [2.45, 2.75) is 39.8 Å². The highest BCUT2D eigenvalue weighted by molar-refractivity contribution is 7.92. The number of para-hydroxylation sites is 1. The van der Waals surface area contributed by atoms with Gasteiger partial charge in [-0.1, -0.05) is 32.0 Å². The normalized spacial score (nSPS) is 15.7. The summed E-state index contributed by atoms with van der Waals surface area (Å²) in [7, 11) is -3.35. The van der Waals surface area contributed by atoms with Crippen LogP contribution in [0.2, 0.25) is 0 Å². The second-order valence-electron chi connectivity index (χ2n) is 8.12. The number of ether oxygens (including phenoxy) is 1. The van der Waals surface area contributed by atoms with Crippen LogP contribution < -0.4 is 14.4 Å². The molecule has 0 saturated carbocycles. The first-order valence-electron chi connectivity index (χ1n) is 11.1. The summed E-state index contributed by atoms with van der Waals surface area (Å²) in [5.74, 6) is 0.572. The Morgan fingerprint density at radius 2 is 1.91 bits per heavy atom. The lowest BCUT2D eigenvalue weighted by molar-refractivity contribution is 0.0950. The number of fused-ring (bicyclic) bond motifs is 1. The fourth-order valence-electron chi connectivity index (χ4n) is 4.14. The smallest absolute Gasteiger partial charge is 0.251 e. The Kier molecular flexibility index (Phi) is 7.79. The molecule has 174 valence electrons. The molecule has 0 fully saturated rings. The van der Waals surface area contributed by atoms with Crippen LogP contribution in [0.1, 0.15) is 42.3 Å². The second-order valence-corrected chi connectivity index (χ2v) is 9.98. The van der Waals surface area contributed by atoms with Crippen LogP contribution >= 0.6 is 0 Å². The maximum atomic E-state index is 12.8. The SMILES string of the molecule is CCN(CC)CCOc1ccccc1CNC(=O)c1ccc2c(c1)CC(C)N2S(C)(=O)=O. The van der Waals surface area contributed by atoms with Crippen molar-refractivity contribution < 1.29 is 17.9 Å². The van der Waals surface area contributed by atoms with Crippen LogP contribution in [0.3, 0.4) is 0 Å². The van der Waals surface area contributed by atoms with Gasteiger partial charge in [0.05, 0.1) is 11.9 Å². The molecule has 1 N–H and O–H groups in total. The molecule has 3 rings (SSSR count). The molecule has 2 aromatic carbocycles. The zero-order valence-corrected chi connectivity index (χ0v) is 20.1. The zero-order valence-electron chi connectivity index (χ0n) is 19.3. The second kappa shape index (κ2) is 10.4. The van der Waals surface area contributed by atoms with Crippen molar-refractivity contribution in [2.75, 3.05) is 36.8 Å². The molecule has 0 aliphatic carbocycles. The molecule has 0 radical (unpaired) electrons. The lowest BCUT2D eigenvalue weighted by Crippen LogP contribution is -2.34. The Labute approximate surface area is 191 Å². The number of carbonyl (C=O) groups is 1. The molecule has 0 aromatic heterocycles. The number of hydrogen-bond acceptors (Lipinski definition) is 5. The third-order valence-corrected chi connectivity index (χ3v) is 7.09.